The Balaban J connectivity index is 1.37. The monoisotopic (exact) mass is 458 g/mol. The van der Waals surface area contributed by atoms with Gasteiger partial charge in [-0.3, -0.25) is 4.79 Å². The second-order valence-electron chi connectivity index (χ2n) is 8.09. The van der Waals surface area contributed by atoms with E-state index in [1.54, 1.807) is 18.9 Å². The van der Waals surface area contributed by atoms with E-state index in [-0.39, 0.29) is 10.7 Å². The number of hydrogen-bond donors (Lipinski definition) is 0. The standard InChI is InChI=1S/C27H26N2O3S/c1-31-24-11-9-23(10-12-24)26(30)29-16-15-27(18-29,33-2)19-32-25-13-7-22(8-14-25)21-5-3-20(17-28)4-6-21/h3-14H,15-16,18-19H2,1-2H3. The van der Waals surface area contributed by atoms with Crippen LogP contribution in [0, 0.1) is 11.3 Å². The number of carbonyl (C=O) groups excluding carboxylic acids is 1. The summed E-state index contributed by atoms with van der Waals surface area (Å²) in [5.74, 6) is 1.59. The highest BCUT2D eigenvalue weighted by atomic mass is 32.2. The third kappa shape index (κ3) is 5.15. The minimum Gasteiger partial charge on any atom is -0.497 e. The fraction of sp³-hybridized carbons (Fsp3) is 0.259. The fourth-order valence-electron chi connectivity index (χ4n) is 3.97. The lowest BCUT2D eigenvalue weighted by molar-refractivity contribution is 0.0786. The predicted molar refractivity (Wildman–Crippen MR) is 132 cm³/mol. The van der Waals surface area contributed by atoms with Gasteiger partial charge >= 0.3 is 0 Å². The van der Waals surface area contributed by atoms with E-state index in [0.717, 1.165) is 29.0 Å². The Kier molecular flexibility index (Phi) is 6.90. The molecule has 1 aliphatic heterocycles. The Bertz CT molecular complexity index is 1140. The lowest BCUT2D eigenvalue weighted by Crippen LogP contribution is -2.38. The molecule has 1 amide bonds. The van der Waals surface area contributed by atoms with Crippen LogP contribution >= 0.6 is 11.8 Å². The molecule has 0 bridgehead atoms. The van der Waals surface area contributed by atoms with Gasteiger partial charge in [-0.15, -0.1) is 0 Å². The highest BCUT2D eigenvalue weighted by Crippen LogP contribution is 2.35. The summed E-state index contributed by atoms with van der Waals surface area (Å²) in [5, 5.41) is 8.96. The van der Waals surface area contributed by atoms with Gasteiger partial charge in [0, 0.05) is 18.7 Å². The SMILES string of the molecule is COc1ccc(C(=O)N2CCC(COc3ccc(-c4ccc(C#N)cc4)cc3)(SC)C2)cc1. The molecule has 3 aromatic rings. The minimum atomic E-state index is -0.131. The van der Waals surface area contributed by atoms with E-state index in [9.17, 15) is 4.79 Å². The molecule has 1 atom stereocenters. The average Bonchev–Trinajstić information content (AvgIpc) is 3.32. The van der Waals surface area contributed by atoms with E-state index in [1.807, 2.05) is 77.7 Å². The Labute approximate surface area is 198 Å². The zero-order valence-corrected chi connectivity index (χ0v) is 19.6. The van der Waals surface area contributed by atoms with Gasteiger partial charge in [0.2, 0.25) is 0 Å². The summed E-state index contributed by atoms with van der Waals surface area (Å²) in [6.45, 7) is 1.91. The third-order valence-electron chi connectivity index (χ3n) is 6.08. The van der Waals surface area contributed by atoms with Gasteiger partial charge in [-0.2, -0.15) is 17.0 Å². The lowest BCUT2D eigenvalue weighted by Gasteiger charge is -2.27. The van der Waals surface area contributed by atoms with Crippen LogP contribution in [0.3, 0.4) is 0 Å². The van der Waals surface area contributed by atoms with Crippen molar-refractivity contribution in [2.75, 3.05) is 33.1 Å². The number of benzene rings is 3. The number of likely N-dealkylation sites (tertiary alicyclic amines) is 1. The number of nitriles is 1. The molecule has 0 radical (unpaired) electrons. The van der Waals surface area contributed by atoms with Crippen LogP contribution in [0.5, 0.6) is 11.5 Å². The number of carbonyl (C=O) groups is 1. The van der Waals surface area contributed by atoms with Gasteiger partial charge in [-0.25, -0.2) is 0 Å². The first-order valence-corrected chi connectivity index (χ1v) is 12.0. The molecule has 0 spiro atoms. The minimum absolute atomic E-state index is 0.0420. The molecule has 5 nitrogen and oxygen atoms in total. The molecule has 1 aliphatic rings. The number of hydrogen-bond acceptors (Lipinski definition) is 5. The first-order chi connectivity index (χ1) is 16.1. The number of ether oxygens (including phenoxy) is 2. The number of rotatable bonds is 7. The summed E-state index contributed by atoms with van der Waals surface area (Å²) >= 11 is 1.76. The Morgan fingerprint density at radius 1 is 1.00 bits per heavy atom. The van der Waals surface area contributed by atoms with Gasteiger partial charge in [-0.1, -0.05) is 24.3 Å². The Morgan fingerprint density at radius 2 is 1.61 bits per heavy atom. The molecule has 0 aromatic heterocycles. The van der Waals surface area contributed by atoms with Crippen LogP contribution in [0.4, 0.5) is 0 Å². The van der Waals surface area contributed by atoms with Crippen LogP contribution < -0.4 is 9.47 Å². The number of nitrogens with zero attached hydrogens (tertiary/aromatic N) is 2. The summed E-state index contributed by atoms with van der Waals surface area (Å²) < 4.78 is 11.2. The predicted octanol–water partition coefficient (Wildman–Crippen LogP) is 5.26. The molecule has 4 rings (SSSR count). The van der Waals surface area contributed by atoms with E-state index >= 15 is 0 Å². The molecule has 0 aliphatic carbocycles. The van der Waals surface area contributed by atoms with Crippen molar-refractivity contribution in [1.29, 1.82) is 5.26 Å². The van der Waals surface area contributed by atoms with Crippen molar-refractivity contribution in [3.05, 3.63) is 83.9 Å². The molecule has 1 fully saturated rings. The lowest BCUT2D eigenvalue weighted by atomic mass is 10.0. The Hall–Kier alpha value is -3.43. The van der Waals surface area contributed by atoms with Crippen molar-refractivity contribution in [2.24, 2.45) is 0 Å². The molecule has 0 N–H and O–H groups in total. The van der Waals surface area contributed by atoms with Crippen LogP contribution in [-0.2, 0) is 0 Å². The molecule has 0 saturated carbocycles. The van der Waals surface area contributed by atoms with E-state index in [4.69, 9.17) is 14.7 Å². The van der Waals surface area contributed by atoms with Crippen LogP contribution in [0.2, 0.25) is 0 Å². The van der Waals surface area contributed by atoms with Gasteiger partial charge in [-0.05, 0) is 72.3 Å². The summed E-state index contributed by atoms with van der Waals surface area (Å²) in [4.78, 5) is 14.9. The molecule has 3 aromatic carbocycles. The number of methoxy groups -OCH3 is 1. The van der Waals surface area contributed by atoms with Crippen LogP contribution in [-0.4, -0.2) is 48.6 Å². The maximum absolute atomic E-state index is 13.0. The quantitative estimate of drug-likeness (QED) is 0.483. The van der Waals surface area contributed by atoms with Crippen LogP contribution in [0.1, 0.15) is 22.3 Å². The fourth-order valence-corrected chi connectivity index (χ4v) is 4.73. The average molecular weight is 459 g/mol. The highest BCUT2D eigenvalue weighted by Gasteiger charge is 2.40. The highest BCUT2D eigenvalue weighted by molar-refractivity contribution is 8.00. The van der Waals surface area contributed by atoms with E-state index in [0.29, 0.717) is 30.8 Å². The molecule has 1 saturated heterocycles. The summed E-state index contributed by atoms with van der Waals surface area (Å²) in [6, 6.07) is 24.9. The van der Waals surface area contributed by atoms with Gasteiger partial charge in [0.15, 0.2) is 0 Å². The number of amides is 1. The molecule has 1 heterocycles. The smallest absolute Gasteiger partial charge is 0.253 e. The van der Waals surface area contributed by atoms with Crippen molar-refractivity contribution in [2.45, 2.75) is 11.2 Å². The first-order valence-electron chi connectivity index (χ1n) is 10.8. The normalized spacial score (nSPS) is 17.4. The molecular formula is C27H26N2O3S. The molecule has 1 unspecified atom stereocenters. The molecular weight excluding hydrogens is 432 g/mol. The van der Waals surface area contributed by atoms with Crippen molar-refractivity contribution in [3.63, 3.8) is 0 Å². The zero-order valence-electron chi connectivity index (χ0n) is 18.8. The molecule has 168 valence electrons. The molecule has 6 heteroatoms. The number of thioether (sulfide) groups is 1. The van der Waals surface area contributed by atoms with Gasteiger partial charge < -0.3 is 14.4 Å². The topological polar surface area (TPSA) is 62.6 Å². The van der Waals surface area contributed by atoms with Crippen LogP contribution in [0.25, 0.3) is 11.1 Å². The van der Waals surface area contributed by atoms with E-state index < -0.39 is 0 Å². The van der Waals surface area contributed by atoms with Crippen molar-refractivity contribution in [3.8, 4) is 28.7 Å². The van der Waals surface area contributed by atoms with E-state index in [2.05, 4.69) is 12.3 Å². The van der Waals surface area contributed by atoms with Crippen molar-refractivity contribution >= 4 is 17.7 Å². The van der Waals surface area contributed by atoms with Crippen LogP contribution in [0.15, 0.2) is 72.8 Å². The van der Waals surface area contributed by atoms with Gasteiger partial charge in [0.25, 0.3) is 5.91 Å². The summed E-state index contributed by atoms with van der Waals surface area (Å²) in [6.07, 6.45) is 2.97. The second-order valence-corrected chi connectivity index (χ2v) is 9.37. The first kappa shape index (κ1) is 22.8. The largest absolute Gasteiger partial charge is 0.497 e. The maximum Gasteiger partial charge on any atom is 0.253 e. The van der Waals surface area contributed by atoms with Crippen molar-refractivity contribution in [1.82, 2.24) is 4.90 Å². The van der Waals surface area contributed by atoms with E-state index in [1.165, 1.54) is 0 Å². The van der Waals surface area contributed by atoms with Gasteiger partial charge in [0.05, 0.1) is 23.5 Å². The van der Waals surface area contributed by atoms with Crippen molar-refractivity contribution < 1.29 is 14.3 Å². The third-order valence-corrected chi connectivity index (χ3v) is 7.39. The molecule has 33 heavy (non-hydrogen) atoms. The summed E-state index contributed by atoms with van der Waals surface area (Å²) in [5.41, 5.74) is 3.46. The maximum atomic E-state index is 13.0. The summed E-state index contributed by atoms with van der Waals surface area (Å²) in [7, 11) is 1.62. The second kappa shape index (κ2) is 10.0. The zero-order chi connectivity index (χ0) is 23.3. The van der Waals surface area contributed by atoms with Gasteiger partial charge in [0.1, 0.15) is 18.1 Å². The Morgan fingerprint density at radius 3 is 2.18 bits per heavy atom.